The maximum Gasteiger partial charge on any atom is 0.0952 e. The molecule has 8 heteroatoms. The fourth-order valence-electron chi connectivity index (χ4n) is 6.90. The van der Waals surface area contributed by atoms with E-state index in [1.165, 1.54) is 50.7 Å². The maximum atomic E-state index is 4.87. The van der Waals surface area contributed by atoms with Gasteiger partial charge in [-0.3, -0.25) is 9.36 Å². The molecule has 0 aliphatic carbocycles. The molecule has 0 bridgehead atoms. The molecular weight excluding hydrogens is 617 g/mol. The third kappa shape index (κ3) is 9.09. The number of hydrogen-bond acceptors (Lipinski definition) is 4. The molecule has 0 radical (unpaired) electrons. The van der Waals surface area contributed by atoms with Crippen LogP contribution in [0, 0.1) is 0 Å². The predicted octanol–water partition coefficient (Wildman–Crippen LogP) is 8.51. The highest BCUT2D eigenvalue weighted by Gasteiger charge is 2.18. The van der Waals surface area contributed by atoms with Crippen LogP contribution in [0.25, 0.3) is 0 Å². The molecule has 0 fully saturated rings. The number of rotatable bonds is 16. The van der Waals surface area contributed by atoms with Crippen LogP contribution in [0.4, 0.5) is 0 Å². The molecule has 6 rings (SSSR count). The Morgan fingerprint density at radius 3 is 1.64 bits per heavy atom. The molecule has 0 saturated carbocycles. The number of hydrogen-bond donors (Lipinski definition) is 0. The molecule has 264 valence electrons. The zero-order chi connectivity index (χ0) is 35.3. The lowest BCUT2D eigenvalue weighted by molar-refractivity contribution is 0.570. The first-order valence-electron chi connectivity index (χ1n) is 18.7. The lowest BCUT2D eigenvalue weighted by atomic mass is 10.0. The lowest BCUT2D eigenvalue weighted by Crippen LogP contribution is -2.07. The Balaban J connectivity index is 0.000000194. The van der Waals surface area contributed by atoms with Crippen molar-refractivity contribution < 1.29 is 0 Å². The van der Waals surface area contributed by atoms with Crippen molar-refractivity contribution in [3.8, 4) is 0 Å². The van der Waals surface area contributed by atoms with Crippen LogP contribution < -0.4 is 0 Å². The third-order valence-corrected chi connectivity index (χ3v) is 9.31. The molecule has 0 amide bonds. The van der Waals surface area contributed by atoms with Crippen LogP contribution in [-0.2, 0) is 64.7 Å². The van der Waals surface area contributed by atoms with E-state index in [2.05, 4.69) is 137 Å². The Kier molecular flexibility index (Phi) is 13.4. The van der Waals surface area contributed by atoms with E-state index >= 15 is 0 Å². The van der Waals surface area contributed by atoms with E-state index in [4.69, 9.17) is 10.2 Å². The molecule has 0 N–H and O–H groups in total. The molecule has 4 aromatic heterocycles. The highest BCUT2D eigenvalue weighted by molar-refractivity contribution is 5.32. The Bertz CT molecular complexity index is 1870. The van der Waals surface area contributed by atoms with E-state index in [1.807, 2.05) is 18.9 Å². The molecule has 0 aliphatic heterocycles. The van der Waals surface area contributed by atoms with E-state index in [1.54, 1.807) is 0 Å². The van der Waals surface area contributed by atoms with Crippen LogP contribution in [0.15, 0.2) is 85.7 Å². The first-order chi connectivity index (χ1) is 24.5. The van der Waals surface area contributed by atoms with Gasteiger partial charge in [0.1, 0.15) is 0 Å². The number of imidazole rings is 2. The van der Waals surface area contributed by atoms with Gasteiger partial charge in [0.05, 0.1) is 29.7 Å². The summed E-state index contributed by atoms with van der Waals surface area (Å²) in [4.78, 5) is 9.04. The standard InChI is InChI=1S/2C21H28N4/c1-4-12-25-21(6-3)19(20(5-2)23-25)13-18-14-22-16-24(18)15-17-10-8-7-9-11-17;1-4-12-25-21(6-3)19(20(5-2)23-25)13-18-15-24(16-22-18)14-17-10-8-7-9-11-17/h7-11,14,16H,4-6,12-13,15H2,1-3H3;7-11,15-16H,4-6,12-14H2,1-3H3. The summed E-state index contributed by atoms with van der Waals surface area (Å²) in [5.74, 6) is 0. The van der Waals surface area contributed by atoms with Gasteiger partial charge in [0.25, 0.3) is 0 Å². The van der Waals surface area contributed by atoms with Gasteiger partial charge in [-0.15, -0.1) is 0 Å². The third-order valence-electron chi connectivity index (χ3n) is 9.31. The van der Waals surface area contributed by atoms with E-state index in [9.17, 15) is 0 Å². The number of aryl methyl sites for hydroxylation is 4. The SMILES string of the molecule is CCCn1nc(CC)c(Cc2cn(Cc3ccccc3)cn2)c1CC.CCCn1nc(CC)c(Cc2cncn2Cc2ccccc2)c1CC. The summed E-state index contributed by atoms with van der Waals surface area (Å²) in [6.45, 7) is 17.0. The molecular formula is C42H56N8. The zero-order valence-corrected chi connectivity index (χ0v) is 31.1. The summed E-state index contributed by atoms with van der Waals surface area (Å²) in [7, 11) is 0. The van der Waals surface area contributed by atoms with Gasteiger partial charge in [0, 0.05) is 79.6 Å². The molecule has 8 nitrogen and oxygen atoms in total. The Labute approximate surface area is 299 Å². The van der Waals surface area contributed by atoms with Gasteiger partial charge in [-0.25, -0.2) is 9.97 Å². The number of benzene rings is 2. The first-order valence-corrected chi connectivity index (χ1v) is 18.7. The molecule has 2 aromatic carbocycles. The summed E-state index contributed by atoms with van der Waals surface area (Å²) in [6, 6.07) is 21.1. The van der Waals surface area contributed by atoms with Gasteiger partial charge in [-0.05, 0) is 49.7 Å². The normalized spacial score (nSPS) is 11.2. The molecule has 50 heavy (non-hydrogen) atoms. The number of aromatic nitrogens is 8. The van der Waals surface area contributed by atoms with Crippen molar-refractivity contribution >= 4 is 0 Å². The summed E-state index contributed by atoms with van der Waals surface area (Å²) < 4.78 is 8.84. The van der Waals surface area contributed by atoms with E-state index in [0.29, 0.717) is 0 Å². The summed E-state index contributed by atoms with van der Waals surface area (Å²) in [5.41, 5.74) is 13.0. The highest BCUT2D eigenvalue weighted by Crippen LogP contribution is 2.22. The quantitative estimate of drug-likeness (QED) is 0.103. The van der Waals surface area contributed by atoms with Crippen LogP contribution in [0.2, 0.25) is 0 Å². The average molecular weight is 673 g/mol. The van der Waals surface area contributed by atoms with Crippen molar-refractivity contribution in [2.45, 2.75) is 119 Å². The van der Waals surface area contributed by atoms with Crippen LogP contribution in [0.5, 0.6) is 0 Å². The molecule has 4 heterocycles. The van der Waals surface area contributed by atoms with Crippen molar-refractivity contribution in [2.75, 3.05) is 0 Å². The fourth-order valence-corrected chi connectivity index (χ4v) is 6.90. The Morgan fingerprint density at radius 1 is 0.580 bits per heavy atom. The van der Waals surface area contributed by atoms with Crippen LogP contribution >= 0.6 is 0 Å². The van der Waals surface area contributed by atoms with Crippen LogP contribution in [-0.4, -0.2) is 38.7 Å². The minimum Gasteiger partial charge on any atom is -0.333 e. The second kappa shape index (κ2) is 18.3. The molecule has 0 spiro atoms. The van der Waals surface area contributed by atoms with Gasteiger partial charge in [-0.2, -0.15) is 10.2 Å². The molecule has 0 unspecified atom stereocenters. The molecule has 0 atom stereocenters. The van der Waals surface area contributed by atoms with E-state index in [-0.39, 0.29) is 0 Å². The highest BCUT2D eigenvalue weighted by atomic mass is 15.3. The molecule has 6 aromatic rings. The average Bonchev–Trinajstić information content (AvgIpc) is 3.93. The second-order valence-electron chi connectivity index (χ2n) is 13.0. The van der Waals surface area contributed by atoms with Gasteiger partial charge in [0.2, 0.25) is 0 Å². The second-order valence-corrected chi connectivity index (χ2v) is 13.0. The fraction of sp³-hybridized carbons (Fsp3) is 0.429. The Hall–Kier alpha value is -4.72. The van der Waals surface area contributed by atoms with Crippen LogP contribution in [0.3, 0.4) is 0 Å². The van der Waals surface area contributed by atoms with Crippen molar-refractivity contribution in [1.29, 1.82) is 0 Å². The Morgan fingerprint density at radius 2 is 1.12 bits per heavy atom. The predicted molar refractivity (Wildman–Crippen MR) is 204 cm³/mol. The zero-order valence-electron chi connectivity index (χ0n) is 31.1. The molecule has 0 aliphatic rings. The lowest BCUT2D eigenvalue weighted by Gasteiger charge is -2.10. The largest absolute Gasteiger partial charge is 0.333 e. The molecule has 0 saturated heterocycles. The van der Waals surface area contributed by atoms with E-state index in [0.717, 1.165) is 83.2 Å². The minimum atomic E-state index is 0.863. The van der Waals surface area contributed by atoms with Crippen LogP contribution in [0.1, 0.15) is 111 Å². The van der Waals surface area contributed by atoms with Crippen molar-refractivity contribution in [2.24, 2.45) is 0 Å². The smallest absolute Gasteiger partial charge is 0.0952 e. The van der Waals surface area contributed by atoms with Gasteiger partial charge >= 0.3 is 0 Å². The van der Waals surface area contributed by atoms with E-state index < -0.39 is 0 Å². The van der Waals surface area contributed by atoms with Gasteiger partial charge in [0.15, 0.2) is 0 Å². The van der Waals surface area contributed by atoms with Crippen molar-refractivity contribution in [3.05, 3.63) is 142 Å². The van der Waals surface area contributed by atoms with Gasteiger partial charge in [-0.1, -0.05) is 102 Å². The number of nitrogens with zero attached hydrogens (tertiary/aromatic N) is 8. The topological polar surface area (TPSA) is 71.3 Å². The van der Waals surface area contributed by atoms with Crippen molar-refractivity contribution in [1.82, 2.24) is 38.7 Å². The monoisotopic (exact) mass is 672 g/mol. The van der Waals surface area contributed by atoms with Crippen molar-refractivity contribution in [3.63, 3.8) is 0 Å². The van der Waals surface area contributed by atoms with Gasteiger partial charge < -0.3 is 9.13 Å². The summed E-state index contributed by atoms with van der Waals surface area (Å²) >= 11 is 0. The maximum absolute atomic E-state index is 4.87. The summed E-state index contributed by atoms with van der Waals surface area (Å²) in [5, 5.41) is 9.71. The minimum absolute atomic E-state index is 0.863. The first kappa shape index (κ1) is 36.6. The summed E-state index contributed by atoms with van der Waals surface area (Å²) in [6.07, 6.45) is 16.1.